The summed E-state index contributed by atoms with van der Waals surface area (Å²) < 4.78 is 13.5. The Bertz CT molecular complexity index is 640. The highest BCUT2D eigenvalue weighted by atomic mass is 79.9. The summed E-state index contributed by atoms with van der Waals surface area (Å²) in [6, 6.07) is 9.82. The molecule has 2 aromatic rings. The van der Waals surface area contributed by atoms with Crippen molar-refractivity contribution in [1.29, 1.82) is 0 Å². The van der Waals surface area contributed by atoms with Crippen molar-refractivity contribution >= 4 is 27.4 Å². The molecule has 0 amide bonds. The Morgan fingerprint density at radius 2 is 2.00 bits per heavy atom. The number of benzene rings is 2. The minimum Gasteiger partial charge on any atom is -0.398 e. The van der Waals surface area contributed by atoms with Crippen molar-refractivity contribution in [3.8, 4) is 0 Å². The fourth-order valence-corrected chi connectivity index (χ4v) is 2.18. The molecule has 98 valence electrons. The number of hydrogen-bond donors (Lipinski definition) is 1. The minimum atomic E-state index is -0.337. The van der Waals surface area contributed by atoms with Crippen LogP contribution in [0.5, 0.6) is 0 Å². The predicted octanol–water partition coefficient (Wildman–Crippen LogP) is 3.90. The van der Waals surface area contributed by atoms with E-state index in [1.807, 2.05) is 13.0 Å². The summed E-state index contributed by atoms with van der Waals surface area (Å²) in [5.41, 5.74) is 8.67. The summed E-state index contributed by atoms with van der Waals surface area (Å²) >= 11 is 3.11. The minimum absolute atomic E-state index is 0.0368. The lowest BCUT2D eigenvalue weighted by atomic mass is 10.0. The van der Waals surface area contributed by atoms with Crippen LogP contribution in [0.1, 0.15) is 21.5 Å². The maximum Gasteiger partial charge on any atom is 0.167 e. The van der Waals surface area contributed by atoms with E-state index in [1.54, 1.807) is 24.3 Å². The van der Waals surface area contributed by atoms with Crippen LogP contribution < -0.4 is 5.73 Å². The Morgan fingerprint density at radius 1 is 1.26 bits per heavy atom. The molecule has 4 heteroatoms. The van der Waals surface area contributed by atoms with Crippen molar-refractivity contribution in [2.75, 3.05) is 5.73 Å². The molecule has 0 atom stereocenters. The summed E-state index contributed by atoms with van der Waals surface area (Å²) in [7, 11) is 0. The Kier molecular flexibility index (Phi) is 4.00. The lowest BCUT2D eigenvalue weighted by molar-refractivity contribution is 0.0993. The molecular weight excluding hydrogens is 309 g/mol. The summed E-state index contributed by atoms with van der Waals surface area (Å²) in [6.45, 7) is 1.89. The van der Waals surface area contributed by atoms with Crippen molar-refractivity contribution in [2.24, 2.45) is 0 Å². The van der Waals surface area contributed by atoms with Gasteiger partial charge in [-0.1, -0.05) is 18.2 Å². The monoisotopic (exact) mass is 321 g/mol. The number of halogens is 2. The first-order chi connectivity index (χ1) is 8.97. The molecule has 2 rings (SSSR count). The number of rotatable bonds is 3. The van der Waals surface area contributed by atoms with Crippen LogP contribution in [0.15, 0.2) is 40.9 Å². The van der Waals surface area contributed by atoms with Crippen LogP contribution in [0.3, 0.4) is 0 Å². The van der Waals surface area contributed by atoms with E-state index in [0.29, 0.717) is 15.7 Å². The molecule has 0 saturated heterocycles. The lowest BCUT2D eigenvalue weighted by Crippen LogP contribution is -2.05. The summed E-state index contributed by atoms with van der Waals surface area (Å²) in [5.74, 6) is -0.374. The van der Waals surface area contributed by atoms with Gasteiger partial charge in [0.05, 0.1) is 4.47 Å². The topological polar surface area (TPSA) is 43.1 Å². The third kappa shape index (κ3) is 3.20. The van der Waals surface area contributed by atoms with E-state index in [0.717, 1.165) is 11.1 Å². The van der Waals surface area contributed by atoms with Crippen LogP contribution >= 0.6 is 15.9 Å². The quantitative estimate of drug-likeness (QED) is 0.688. The van der Waals surface area contributed by atoms with Crippen molar-refractivity contribution in [3.63, 3.8) is 0 Å². The van der Waals surface area contributed by atoms with Gasteiger partial charge in [-0.05, 0) is 52.2 Å². The first-order valence-corrected chi connectivity index (χ1v) is 6.60. The van der Waals surface area contributed by atoms with E-state index in [4.69, 9.17) is 5.73 Å². The first-order valence-electron chi connectivity index (χ1n) is 5.80. The Morgan fingerprint density at radius 3 is 2.63 bits per heavy atom. The predicted molar refractivity (Wildman–Crippen MR) is 77.7 cm³/mol. The third-order valence-electron chi connectivity index (χ3n) is 2.95. The number of anilines is 1. The van der Waals surface area contributed by atoms with Gasteiger partial charge < -0.3 is 5.73 Å². The number of carbonyl (C=O) groups is 1. The summed E-state index contributed by atoms with van der Waals surface area (Å²) in [6.07, 6.45) is 0.224. The molecule has 19 heavy (non-hydrogen) atoms. The largest absolute Gasteiger partial charge is 0.398 e. The van der Waals surface area contributed by atoms with Crippen LogP contribution in [-0.4, -0.2) is 5.78 Å². The molecule has 0 aliphatic rings. The second kappa shape index (κ2) is 5.53. The number of Topliss-reactive ketones (excluding diaryl/α,β-unsaturated/α-hetero) is 1. The molecule has 2 nitrogen and oxygen atoms in total. The van der Waals surface area contributed by atoms with Gasteiger partial charge in [0, 0.05) is 17.7 Å². The van der Waals surface area contributed by atoms with E-state index < -0.39 is 0 Å². The average molecular weight is 322 g/mol. The first kappa shape index (κ1) is 13.7. The third-order valence-corrected chi connectivity index (χ3v) is 3.56. The number of carbonyl (C=O) groups excluding carboxylic acids is 1. The van der Waals surface area contributed by atoms with Gasteiger partial charge in [0.25, 0.3) is 0 Å². The molecule has 0 fully saturated rings. The maximum absolute atomic E-state index is 13.1. The molecule has 2 N–H and O–H groups in total. The normalized spacial score (nSPS) is 10.5. The van der Waals surface area contributed by atoms with Gasteiger partial charge >= 0.3 is 0 Å². The lowest BCUT2D eigenvalue weighted by Gasteiger charge is -2.05. The Labute approximate surface area is 119 Å². The smallest absolute Gasteiger partial charge is 0.167 e. The van der Waals surface area contributed by atoms with E-state index in [-0.39, 0.29) is 18.0 Å². The molecular formula is C15H13BrFNO. The van der Waals surface area contributed by atoms with Gasteiger partial charge in [0.15, 0.2) is 5.78 Å². The van der Waals surface area contributed by atoms with Crippen LogP contribution in [0, 0.1) is 12.7 Å². The van der Waals surface area contributed by atoms with Gasteiger partial charge in [0.1, 0.15) is 5.82 Å². The molecule has 0 spiro atoms. The fraction of sp³-hybridized carbons (Fsp3) is 0.133. The van der Waals surface area contributed by atoms with Crippen LogP contribution in [0.2, 0.25) is 0 Å². The highest BCUT2D eigenvalue weighted by Gasteiger charge is 2.09. The Hall–Kier alpha value is -1.68. The zero-order valence-corrected chi connectivity index (χ0v) is 12.0. The van der Waals surface area contributed by atoms with Crippen molar-refractivity contribution < 1.29 is 9.18 Å². The molecule has 0 heterocycles. The van der Waals surface area contributed by atoms with E-state index >= 15 is 0 Å². The zero-order valence-electron chi connectivity index (χ0n) is 10.4. The van der Waals surface area contributed by atoms with Gasteiger partial charge in [-0.25, -0.2) is 4.39 Å². The van der Waals surface area contributed by atoms with Gasteiger partial charge in [-0.2, -0.15) is 0 Å². The molecule has 0 aliphatic carbocycles. The van der Waals surface area contributed by atoms with Gasteiger partial charge in [0.2, 0.25) is 0 Å². The summed E-state index contributed by atoms with van der Waals surface area (Å²) in [5, 5.41) is 0. The molecule has 0 radical (unpaired) electrons. The van der Waals surface area contributed by atoms with Crippen LogP contribution in [0.4, 0.5) is 10.1 Å². The van der Waals surface area contributed by atoms with Gasteiger partial charge in [-0.3, -0.25) is 4.79 Å². The average Bonchev–Trinajstić information content (AvgIpc) is 2.37. The highest BCUT2D eigenvalue weighted by Crippen LogP contribution is 2.19. The van der Waals surface area contributed by atoms with E-state index in [1.165, 1.54) is 6.07 Å². The molecule has 0 aromatic heterocycles. The second-order valence-electron chi connectivity index (χ2n) is 4.42. The van der Waals surface area contributed by atoms with Crippen molar-refractivity contribution in [1.82, 2.24) is 0 Å². The van der Waals surface area contributed by atoms with Crippen molar-refractivity contribution in [3.05, 3.63) is 63.4 Å². The SMILES string of the molecule is Cc1ccc(C(=O)Cc2ccc(F)c(Br)c2)cc1N. The number of nitrogen functional groups attached to an aromatic ring is 1. The molecule has 0 unspecified atom stereocenters. The highest BCUT2D eigenvalue weighted by molar-refractivity contribution is 9.10. The molecule has 0 aliphatic heterocycles. The van der Waals surface area contributed by atoms with Gasteiger partial charge in [-0.15, -0.1) is 0 Å². The van der Waals surface area contributed by atoms with Crippen molar-refractivity contribution in [2.45, 2.75) is 13.3 Å². The van der Waals surface area contributed by atoms with E-state index in [9.17, 15) is 9.18 Å². The number of aryl methyl sites for hydroxylation is 1. The fourth-order valence-electron chi connectivity index (χ4n) is 1.75. The number of nitrogens with two attached hydrogens (primary N) is 1. The number of ketones is 1. The number of hydrogen-bond acceptors (Lipinski definition) is 2. The standard InChI is InChI=1S/C15H13BrFNO/c1-9-2-4-11(8-14(9)18)15(19)7-10-3-5-13(17)12(16)6-10/h2-6,8H,7,18H2,1H3. The Balaban J connectivity index is 2.20. The zero-order chi connectivity index (χ0) is 14.0. The van der Waals surface area contributed by atoms with Crippen LogP contribution in [0.25, 0.3) is 0 Å². The molecule has 0 bridgehead atoms. The maximum atomic E-state index is 13.1. The van der Waals surface area contributed by atoms with E-state index in [2.05, 4.69) is 15.9 Å². The van der Waals surface area contributed by atoms with Crippen LogP contribution in [-0.2, 0) is 6.42 Å². The molecule has 2 aromatic carbocycles. The summed E-state index contributed by atoms with van der Waals surface area (Å²) in [4.78, 5) is 12.1. The molecule has 0 saturated carbocycles. The second-order valence-corrected chi connectivity index (χ2v) is 5.27.